The van der Waals surface area contributed by atoms with Crippen LogP contribution in [0.3, 0.4) is 0 Å². The molecule has 0 saturated heterocycles. The van der Waals surface area contributed by atoms with E-state index in [0.29, 0.717) is 18.2 Å². The quantitative estimate of drug-likeness (QED) is 0.734. The number of benzene rings is 1. The van der Waals surface area contributed by atoms with Crippen LogP contribution in [0, 0.1) is 0 Å². The summed E-state index contributed by atoms with van der Waals surface area (Å²) in [6, 6.07) is 1.94. The van der Waals surface area contributed by atoms with E-state index in [2.05, 4.69) is 0 Å². The number of hydrogen-bond acceptors (Lipinski definition) is 2. The summed E-state index contributed by atoms with van der Waals surface area (Å²) in [7, 11) is 0. The summed E-state index contributed by atoms with van der Waals surface area (Å²) in [6.07, 6.45) is -4.81. The molecule has 0 amide bonds. The molecule has 1 aromatic carbocycles. The smallest absolute Gasteiger partial charge is 0.416 e. The highest BCUT2D eigenvalue weighted by atomic mass is 19.4. The van der Waals surface area contributed by atoms with Gasteiger partial charge in [-0.1, -0.05) is 12.1 Å². The van der Waals surface area contributed by atoms with E-state index >= 15 is 0 Å². The van der Waals surface area contributed by atoms with Crippen LogP contribution < -0.4 is 5.11 Å². The molecule has 0 fully saturated rings. The Balaban J connectivity index is 3.23. The first kappa shape index (κ1) is 12.4. The van der Waals surface area contributed by atoms with E-state index in [1.807, 2.05) is 0 Å². The summed E-state index contributed by atoms with van der Waals surface area (Å²) in [4.78, 5) is 10.0. The minimum atomic E-state index is -4.81. The predicted molar refractivity (Wildman–Crippen MR) is 40.3 cm³/mol. The molecule has 0 saturated carbocycles. The Morgan fingerprint density at radius 2 is 1.56 bits per heavy atom. The Bertz CT molecular complexity index is 411. The van der Waals surface area contributed by atoms with Gasteiger partial charge in [-0.3, -0.25) is 0 Å². The molecule has 0 aromatic heterocycles. The number of carbonyl (C=O) groups is 1. The highest BCUT2D eigenvalue weighted by molar-refractivity contribution is 5.75. The van der Waals surface area contributed by atoms with Gasteiger partial charge >= 0.3 is 12.1 Å². The summed E-state index contributed by atoms with van der Waals surface area (Å²) < 4.78 is 62.1. The first-order valence-corrected chi connectivity index (χ1v) is 3.92. The maximum absolute atomic E-state index is 12.8. The molecular formula is C9H4F5O2-. The van der Waals surface area contributed by atoms with Crippen molar-refractivity contribution < 1.29 is 31.9 Å². The van der Waals surface area contributed by atoms with Crippen molar-refractivity contribution in [1.29, 1.82) is 0 Å². The number of carboxylic acid groups (broad SMARTS) is 1. The van der Waals surface area contributed by atoms with Crippen molar-refractivity contribution >= 4 is 5.97 Å². The SMILES string of the molecule is O=C([O-])C(F)(F)c1cccc(C(F)(F)F)c1. The Hall–Kier alpha value is -1.66. The zero-order valence-corrected chi connectivity index (χ0v) is 7.52. The van der Waals surface area contributed by atoms with Gasteiger partial charge in [0.1, 0.15) is 5.97 Å². The summed E-state index contributed by atoms with van der Waals surface area (Å²) in [6.45, 7) is 0. The number of carbonyl (C=O) groups excluding carboxylic acids is 1. The largest absolute Gasteiger partial charge is 0.544 e. The Kier molecular flexibility index (Phi) is 2.89. The standard InChI is InChI=1S/C9H5F5O2/c10-8(11,7(15)16)5-2-1-3-6(4-5)9(12,13)14/h1-4H,(H,15,16)/p-1. The third-order valence-corrected chi connectivity index (χ3v) is 1.81. The Labute approximate surface area is 86.3 Å². The summed E-state index contributed by atoms with van der Waals surface area (Å²) in [5, 5.41) is 10.0. The molecule has 2 nitrogen and oxygen atoms in total. The van der Waals surface area contributed by atoms with Crippen LogP contribution in [0.2, 0.25) is 0 Å². The lowest BCUT2D eigenvalue weighted by atomic mass is 10.1. The molecule has 0 unspecified atom stereocenters. The van der Waals surface area contributed by atoms with Gasteiger partial charge in [0.25, 0.3) is 0 Å². The van der Waals surface area contributed by atoms with Gasteiger partial charge in [-0.2, -0.15) is 22.0 Å². The average Bonchev–Trinajstić information content (AvgIpc) is 2.16. The molecule has 0 aliphatic carbocycles. The molecule has 0 heterocycles. The van der Waals surface area contributed by atoms with Crippen LogP contribution in [-0.4, -0.2) is 5.97 Å². The second-order valence-corrected chi connectivity index (χ2v) is 2.94. The van der Waals surface area contributed by atoms with Gasteiger partial charge in [0, 0.05) is 5.56 Å². The molecule has 1 aromatic rings. The first-order chi connectivity index (χ1) is 7.15. The molecule has 0 spiro atoms. The van der Waals surface area contributed by atoms with E-state index in [1.165, 1.54) is 0 Å². The number of aliphatic carboxylic acids is 1. The van der Waals surface area contributed by atoms with E-state index < -0.39 is 29.2 Å². The second kappa shape index (κ2) is 3.73. The third-order valence-electron chi connectivity index (χ3n) is 1.81. The maximum Gasteiger partial charge on any atom is 0.416 e. The number of carboxylic acids is 1. The normalized spacial score (nSPS) is 12.6. The van der Waals surface area contributed by atoms with Crippen LogP contribution in [0.4, 0.5) is 22.0 Å². The van der Waals surface area contributed by atoms with Crippen LogP contribution in [0.25, 0.3) is 0 Å². The van der Waals surface area contributed by atoms with Gasteiger partial charge in [-0.25, -0.2) is 0 Å². The minimum Gasteiger partial charge on any atom is -0.544 e. The highest BCUT2D eigenvalue weighted by Gasteiger charge is 2.37. The van der Waals surface area contributed by atoms with Crippen molar-refractivity contribution in [2.45, 2.75) is 12.1 Å². The monoisotopic (exact) mass is 239 g/mol. The van der Waals surface area contributed by atoms with Gasteiger partial charge < -0.3 is 9.90 Å². The zero-order chi connectivity index (χ0) is 12.6. The van der Waals surface area contributed by atoms with Crippen LogP contribution in [0.5, 0.6) is 0 Å². The fourth-order valence-electron chi connectivity index (χ4n) is 1.01. The third kappa shape index (κ3) is 2.29. The average molecular weight is 239 g/mol. The zero-order valence-electron chi connectivity index (χ0n) is 7.52. The lowest BCUT2D eigenvalue weighted by Crippen LogP contribution is -2.39. The van der Waals surface area contributed by atoms with Gasteiger partial charge in [-0.15, -0.1) is 0 Å². The highest BCUT2D eigenvalue weighted by Crippen LogP contribution is 2.34. The van der Waals surface area contributed by atoms with Crippen LogP contribution >= 0.6 is 0 Å². The van der Waals surface area contributed by atoms with E-state index in [9.17, 15) is 31.9 Å². The van der Waals surface area contributed by atoms with E-state index in [0.717, 1.165) is 0 Å². The van der Waals surface area contributed by atoms with Gasteiger partial charge in [0.2, 0.25) is 0 Å². The lowest BCUT2D eigenvalue weighted by Gasteiger charge is -2.18. The number of halogens is 5. The number of hydrogen-bond donors (Lipinski definition) is 0. The maximum atomic E-state index is 12.8. The molecule has 0 N–H and O–H groups in total. The summed E-state index contributed by atoms with van der Waals surface area (Å²) in [5.41, 5.74) is -2.60. The van der Waals surface area contributed by atoms with E-state index in [4.69, 9.17) is 0 Å². The number of alkyl halides is 5. The van der Waals surface area contributed by atoms with Crippen molar-refractivity contribution in [3.05, 3.63) is 35.4 Å². The molecule has 0 aliphatic heterocycles. The second-order valence-electron chi connectivity index (χ2n) is 2.94. The predicted octanol–water partition coefficient (Wildman–Crippen LogP) is 1.55. The molecule has 0 atom stereocenters. The van der Waals surface area contributed by atoms with Crippen LogP contribution in [-0.2, 0) is 16.9 Å². The molecule has 0 radical (unpaired) electrons. The molecule has 7 heteroatoms. The topological polar surface area (TPSA) is 40.1 Å². The fraction of sp³-hybridized carbons (Fsp3) is 0.222. The molecule has 0 bridgehead atoms. The van der Waals surface area contributed by atoms with Crippen LogP contribution in [0.15, 0.2) is 24.3 Å². The van der Waals surface area contributed by atoms with Crippen molar-refractivity contribution in [3.8, 4) is 0 Å². The first-order valence-electron chi connectivity index (χ1n) is 3.92. The van der Waals surface area contributed by atoms with E-state index in [-0.39, 0.29) is 6.07 Å². The molecule has 16 heavy (non-hydrogen) atoms. The van der Waals surface area contributed by atoms with Crippen molar-refractivity contribution in [2.75, 3.05) is 0 Å². The van der Waals surface area contributed by atoms with Crippen molar-refractivity contribution in [2.24, 2.45) is 0 Å². The fourth-order valence-corrected chi connectivity index (χ4v) is 1.01. The van der Waals surface area contributed by atoms with Gasteiger partial charge in [0.15, 0.2) is 0 Å². The molecular weight excluding hydrogens is 235 g/mol. The van der Waals surface area contributed by atoms with Crippen molar-refractivity contribution in [1.82, 2.24) is 0 Å². The van der Waals surface area contributed by atoms with Crippen molar-refractivity contribution in [3.63, 3.8) is 0 Å². The molecule has 88 valence electrons. The van der Waals surface area contributed by atoms with Gasteiger partial charge in [0.05, 0.1) is 5.56 Å². The molecule has 1 rings (SSSR count). The summed E-state index contributed by atoms with van der Waals surface area (Å²) in [5.74, 6) is -7.19. The van der Waals surface area contributed by atoms with Gasteiger partial charge in [-0.05, 0) is 12.1 Å². The van der Waals surface area contributed by atoms with Crippen LogP contribution in [0.1, 0.15) is 11.1 Å². The van der Waals surface area contributed by atoms with E-state index in [1.54, 1.807) is 0 Å². The minimum absolute atomic E-state index is 0.0792. The lowest BCUT2D eigenvalue weighted by molar-refractivity contribution is -0.331. The Morgan fingerprint density at radius 1 is 1.06 bits per heavy atom. The number of rotatable bonds is 2. The summed E-state index contributed by atoms with van der Waals surface area (Å²) >= 11 is 0. The Morgan fingerprint density at radius 3 is 2.00 bits per heavy atom. The molecule has 0 aliphatic rings.